The van der Waals surface area contributed by atoms with Crippen molar-refractivity contribution in [3.05, 3.63) is 30.1 Å². The summed E-state index contributed by atoms with van der Waals surface area (Å²) in [7, 11) is 0. The van der Waals surface area contributed by atoms with Gasteiger partial charge in [-0.25, -0.2) is 0 Å². The van der Waals surface area contributed by atoms with Crippen LogP contribution in [0.5, 0.6) is 0 Å². The van der Waals surface area contributed by atoms with E-state index in [1.165, 1.54) is 17.7 Å². The molecule has 4 heteroatoms. The first-order valence-electron chi connectivity index (χ1n) is 6.13. The molecule has 2 aromatic rings. The van der Waals surface area contributed by atoms with Crippen LogP contribution in [0.2, 0.25) is 0 Å². The van der Waals surface area contributed by atoms with Crippen molar-refractivity contribution in [2.75, 3.05) is 11.9 Å². The van der Waals surface area contributed by atoms with Gasteiger partial charge in [-0.15, -0.1) is 10.2 Å². The molecule has 2 heterocycles. The first kappa shape index (κ1) is 10.3. The summed E-state index contributed by atoms with van der Waals surface area (Å²) in [5, 5.41) is 11.6. The molecular weight excluding hydrogens is 212 g/mol. The average Bonchev–Trinajstić information content (AvgIpc) is 2.86. The molecule has 88 valence electrons. The molecular formula is C13H16N4. The SMILES string of the molecule is CCn1cnnc1-c1ccc2c(c1)CCCN2. The van der Waals surface area contributed by atoms with Gasteiger partial charge in [-0.1, -0.05) is 0 Å². The van der Waals surface area contributed by atoms with Crippen molar-refractivity contribution in [1.29, 1.82) is 0 Å². The maximum absolute atomic E-state index is 4.20. The van der Waals surface area contributed by atoms with Gasteiger partial charge in [-0.05, 0) is 43.5 Å². The number of hydrogen-bond donors (Lipinski definition) is 1. The fraction of sp³-hybridized carbons (Fsp3) is 0.385. The summed E-state index contributed by atoms with van der Waals surface area (Å²) in [5.74, 6) is 0.959. The van der Waals surface area contributed by atoms with Crippen molar-refractivity contribution < 1.29 is 0 Å². The quantitative estimate of drug-likeness (QED) is 0.857. The van der Waals surface area contributed by atoms with Gasteiger partial charge < -0.3 is 9.88 Å². The van der Waals surface area contributed by atoms with Crippen LogP contribution >= 0.6 is 0 Å². The smallest absolute Gasteiger partial charge is 0.163 e. The Morgan fingerprint density at radius 2 is 2.35 bits per heavy atom. The second-order valence-electron chi connectivity index (χ2n) is 4.34. The normalized spacial score (nSPS) is 14.2. The molecule has 1 aromatic carbocycles. The molecule has 0 amide bonds. The largest absolute Gasteiger partial charge is 0.385 e. The Bertz CT molecular complexity index is 530. The van der Waals surface area contributed by atoms with E-state index >= 15 is 0 Å². The molecule has 0 bridgehead atoms. The van der Waals surface area contributed by atoms with E-state index in [0.29, 0.717) is 0 Å². The number of hydrogen-bond acceptors (Lipinski definition) is 3. The number of rotatable bonds is 2. The van der Waals surface area contributed by atoms with Crippen LogP contribution in [0.25, 0.3) is 11.4 Å². The summed E-state index contributed by atoms with van der Waals surface area (Å²) < 4.78 is 2.07. The van der Waals surface area contributed by atoms with E-state index in [9.17, 15) is 0 Å². The van der Waals surface area contributed by atoms with Crippen molar-refractivity contribution in [3.63, 3.8) is 0 Å². The van der Waals surface area contributed by atoms with Gasteiger partial charge >= 0.3 is 0 Å². The van der Waals surface area contributed by atoms with Crippen LogP contribution in [0, 0.1) is 0 Å². The van der Waals surface area contributed by atoms with Gasteiger partial charge in [-0.3, -0.25) is 0 Å². The van der Waals surface area contributed by atoms with Crippen LogP contribution in [0.4, 0.5) is 5.69 Å². The van der Waals surface area contributed by atoms with E-state index in [2.05, 4.69) is 45.2 Å². The Labute approximate surface area is 101 Å². The summed E-state index contributed by atoms with van der Waals surface area (Å²) >= 11 is 0. The van der Waals surface area contributed by atoms with E-state index in [4.69, 9.17) is 0 Å². The maximum atomic E-state index is 4.20. The molecule has 0 saturated heterocycles. The Kier molecular flexibility index (Phi) is 2.55. The number of nitrogens with one attached hydrogen (secondary N) is 1. The average molecular weight is 228 g/mol. The highest BCUT2D eigenvalue weighted by atomic mass is 15.3. The zero-order valence-corrected chi connectivity index (χ0v) is 9.98. The second-order valence-corrected chi connectivity index (χ2v) is 4.34. The molecule has 0 saturated carbocycles. The number of aromatic nitrogens is 3. The predicted molar refractivity (Wildman–Crippen MR) is 67.9 cm³/mol. The fourth-order valence-corrected chi connectivity index (χ4v) is 2.32. The second kappa shape index (κ2) is 4.20. The van der Waals surface area contributed by atoms with Gasteiger partial charge in [0.15, 0.2) is 5.82 Å². The van der Waals surface area contributed by atoms with Gasteiger partial charge in [0.25, 0.3) is 0 Å². The fourth-order valence-electron chi connectivity index (χ4n) is 2.32. The van der Waals surface area contributed by atoms with Crippen molar-refractivity contribution in [2.24, 2.45) is 0 Å². The Balaban J connectivity index is 2.04. The molecule has 1 aliphatic rings. The van der Waals surface area contributed by atoms with E-state index in [1.54, 1.807) is 6.33 Å². The van der Waals surface area contributed by atoms with Crippen molar-refractivity contribution in [2.45, 2.75) is 26.3 Å². The van der Waals surface area contributed by atoms with E-state index in [-0.39, 0.29) is 0 Å². The number of anilines is 1. The molecule has 0 fully saturated rings. The zero-order chi connectivity index (χ0) is 11.7. The Hall–Kier alpha value is -1.84. The minimum atomic E-state index is 0.900. The molecule has 1 aromatic heterocycles. The third-order valence-electron chi connectivity index (χ3n) is 3.26. The van der Waals surface area contributed by atoms with E-state index < -0.39 is 0 Å². The molecule has 0 radical (unpaired) electrons. The summed E-state index contributed by atoms with van der Waals surface area (Å²) in [5.41, 5.74) is 3.81. The van der Waals surface area contributed by atoms with E-state index in [1.807, 2.05) is 0 Å². The highest BCUT2D eigenvalue weighted by Gasteiger charge is 2.12. The molecule has 0 spiro atoms. The van der Waals surface area contributed by atoms with Crippen LogP contribution in [-0.2, 0) is 13.0 Å². The molecule has 0 atom stereocenters. The minimum absolute atomic E-state index is 0.900. The molecule has 17 heavy (non-hydrogen) atoms. The van der Waals surface area contributed by atoms with Crippen molar-refractivity contribution in [3.8, 4) is 11.4 Å². The van der Waals surface area contributed by atoms with Crippen molar-refractivity contribution >= 4 is 5.69 Å². The van der Waals surface area contributed by atoms with Crippen molar-refractivity contribution in [1.82, 2.24) is 14.8 Å². The lowest BCUT2D eigenvalue weighted by Crippen LogP contribution is -2.11. The Morgan fingerprint density at radius 1 is 1.41 bits per heavy atom. The van der Waals surface area contributed by atoms with Crippen LogP contribution in [0.15, 0.2) is 24.5 Å². The highest BCUT2D eigenvalue weighted by Crippen LogP contribution is 2.27. The summed E-state index contributed by atoms with van der Waals surface area (Å²) in [4.78, 5) is 0. The third-order valence-corrected chi connectivity index (χ3v) is 3.26. The number of aryl methyl sites for hydroxylation is 2. The first-order valence-corrected chi connectivity index (χ1v) is 6.13. The lowest BCUT2D eigenvalue weighted by Gasteiger charge is -2.18. The van der Waals surface area contributed by atoms with Gasteiger partial charge in [0, 0.05) is 24.3 Å². The summed E-state index contributed by atoms with van der Waals surface area (Å²) in [6, 6.07) is 6.50. The number of nitrogens with zero attached hydrogens (tertiary/aromatic N) is 3. The maximum Gasteiger partial charge on any atom is 0.163 e. The molecule has 1 aliphatic heterocycles. The number of fused-ring (bicyclic) bond motifs is 1. The Morgan fingerprint density at radius 3 is 3.24 bits per heavy atom. The van der Waals surface area contributed by atoms with Gasteiger partial charge in [0.05, 0.1) is 0 Å². The zero-order valence-electron chi connectivity index (χ0n) is 9.98. The van der Waals surface area contributed by atoms with Crippen LogP contribution < -0.4 is 5.32 Å². The van der Waals surface area contributed by atoms with Crippen LogP contribution in [0.1, 0.15) is 18.9 Å². The standard InChI is InChI=1S/C13H16N4/c1-2-17-9-15-16-13(17)11-5-6-12-10(8-11)4-3-7-14-12/h5-6,8-9,14H,2-4,7H2,1H3. The lowest BCUT2D eigenvalue weighted by atomic mass is 10.0. The molecule has 1 N–H and O–H groups in total. The van der Waals surface area contributed by atoms with Gasteiger partial charge in [-0.2, -0.15) is 0 Å². The first-order chi connectivity index (χ1) is 8.38. The van der Waals surface area contributed by atoms with Gasteiger partial charge in [0.2, 0.25) is 0 Å². The summed E-state index contributed by atoms with van der Waals surface area (Å²) in [6.45, 7) is 4.09. The number of benzene rings is 1. The lowest BCUT2D eigenvalue weighted by molar-refractivity contribution is 0.766. The van der Waals surface area contributed by atoms with E-state index in [0.717, 1.165) is 30.9 Å². The molecule has 3 rings (SSSR count). The predicted octanol–water partition coefficient (Wildman–Crippen LogP) is 2.32. The monoisotopic (exact) mass is 228 g/mol. The minimum Gasteiger partial charge on any atom is -0.385 e. The highest BCUT2D eigenvalue weighted by molar-refractivity contribution is 5.64. The molecule has 0 aliphatic carbocycles. The van der Waals surface area contributed by atoms with Gasteiger partial charge in [0.1, 0.15) is 6.33 Å². The summed E-state index contributed by atoms with van der Waals surface area (Å²) in [6.07, 6.45) is 4.14. The molecule has 4 nitrogen and oxygen atoms in total. The molecule has 0 unspecified atom stereocenters. The van der Waals surface area contributed by atoms with Crippen LogP contribution in [0.3, 0.4) is 0 Å². The third kappa shape index (κ3) is 1.79. The van der Waals surface area contributed by atoms with Crippen LogP contribution in [-0.4, -0.2) is 21.3 Å². The topological polar surface area (TPSA) is 42.7 Å².